The Morgan fingerprint density at radius 3 is 2.57 bits per heavy atom. The van der Waals surface area contributed by atoms with Gasteiger partial charge in [-0.05, 0) is 18.4 Å². The Morgan fingerprint density at radius 2 is 2.07 bits per heavy atom. The molecule has 0 N–H and O–H groups in total. The Kier molecular flexibility index (Phi) is 3.06. The molecule has 0 amide bonds. The van der Waals surface area contributed by atoms with E-state index < -0.39 is 10.7 Å². The molecule has 0 saturated heterocycles. The normalized spacial score (nSPS) is 10.5. The summed E-state index contributed by atoms with van der Waals surface area (Å²) < 4.78 is 0. The Morgan fingerprint density at radius 1 is 1.43 bits per heavy atom. The molecule has 0 saturated carbocycles. The summed E-state index contributed by atoms with van der Waals surface area (Å²) in [5, 5.41) is 21.9. The van der Waals surface area contributed by atoms with E-state index in [1.54, 1.807) is 12.1 Å². The van der Waals surface area contributed by atoms with Crippen molar-refractivity contribution >= 4 is 5.69 Å². The Hall–Kier alpha value is -1.58. The first-order valence-electron chi connectivity index (χ1n) is 4.45. The second-order valence-electron chi connectivity index (χ2n) is 3.62. The number of nitro benzene ring substituents is 1. The zero-order valence-electron chi connectivity index (χ0n) is 8.19. The molecule has 1 radical (unpaired) electrons. The minimum absolute atomic E-state index is 0.277. The highest BCUT2D eigenvalue weighted by Crippen LogP contribution is 2.31. The minimum atomic E-state index is -0.597. The van der Waals surface area contributed by atoms with Gasteiger partial charge in [-0.15, -0.1) is 0 Å². The molecule has 0 aliphatic carbocycles. The molecule has 0 unspecified atom stereocenters. The zero-order chi connectivity index (χ0) is 10.7. The minimum Gasteiger partial charge on any atom is -0.282 e. The van der Waals surface area contributed by atoms with Crippen molar-refractivity contribution in [2.45, 2.75) is 20.3 Å². The van der Waals surface area contributed by atoms with Crippen molar-refractivity contribution in [2.24, 2.45) is 5.92 Å². The van der Waals surface area contributed by atoms with Crippen LogP contribution in [0.3, 0.4) is 0 Å². The van der Waals surface area contributed by atoms with E-state index in [1.807, 2.05) is 13.8 Å². The lowest BCUT2D eigenvalue weighted by Crippen LogP contribution is -1.99. The van der Waals surface area contributed by atoms with Crippen LogP contribution in [-0.2, 0) is 11.5 Å². The number of benzene rings is 1. The highest BCUT2D eigenvalue weighted by molar-refractivity contribution is 5.51. The van der Waals surface area contributed by atoms with Gasteiger partial charge in [-0.2, -0.15) is 0 Å². The topological polar surface area (TPSA) is 63.0 Å². The lowest BCUT2D eigenvalue weighted by molar-refractivity contribution is -0.387. The highest BCUT2D eigenvalue weighted by atomic mass is 16.6. The van der Waals surface area contributed by atoms with Crippen molar-refractivity contribution in [2.75, 3.05) is 0 Å². The predicted molar refractivity (Wildman–Crippen MR) is 51.8 cm³/mol. The predicted octanol–water partition coefficient (Wildman–Crippen LogP) is 2.94. The smallest absolute Gasteiger partial charge is 0.282 e. The molecule has 0 bridgehead atoms. The lowest BCUT2D eigenvalue weighted by atomic mass is 10.0. The van der Waals surface area contributed by atoms with E-state index in [9.17, 15) is 15.2 Å². The third-order valence-corrected chi connectivity index (χ3v) is 1.89. The molecule has 75 valence electrons. The van der Waals surface area contributed by atoms with Crippen LogP contribution in [-0.4, -0.2) is 4.92 Å². The van der Waals surface area contributed by atoms with Gasteiger partial charge in [0.25, 0.3) is 5.75 Å². The SMILES string of the molecule is CC(C)Cc1cccc([O])c1[N+](=O)[O-]. The van der Waals surface area contributed by atoms with E-state index in [0.29, 0.717) is 17.9 Å². The zero-order valence-corrected chi connectivity index (χ0v) is 8.19. The Balaban J connectivity index is 3.14. The van der Waals surface area contributed by atoms with Gasteiger partial charge in [-0.25, -0.2) is 0 Å². The summed E-state index contributed by atoms with van der Waals surface area (Å²) in [6.45, 7) is 3.92. The van der Waals surface area contributed by atoms with Gasteiger partial charge in [-0.3, -0.25) is 15.2 Å². The van der Waals surface area contributed by atoms with E-state index >= 15 is 0 Å². The molecule has 0 aliphatic heterocycles. The van der Waals surface area contributed by atoms with E-state index in [0.717, 1.165) is 0 Å². The van der Waals surface area contributed by atoms with Crippen LogP contribution in [0.2, 0.25) is 0 Å². The quantitative estimate of drug-likeness (QED) is 0.548. The van der Waals surface area contributed by atoms with Gasteiger partial charge in [0.2, 0.25) is 0 Å². The van der Waals surface area contributed by atoms with Gasteiger partial charge in [0, 0.05) is 5.56 Å². The molecule has 14 heavy (non-hydrogen) atoms. The second kappa shape index (κ2) is 4.09. The van der Waals surface area contributed by atoms with Crippen LogP contribution in [0, 0.1) is 16.0 Å². The maximum Gasteiger partial charge on any atom is 0.319 e. The van der Waals surface area contributed by atoms with Gasteiger partial charge >= 0.3 is 5.69 Å². The van der Waals surface area contributed by atoms with E-state index in [-0.39, 0.29) is 5.69 Å². The van der Waals surface area contributed by atoms with Crippen molar-refractivity contribution in [3.63, 3.8) is 0 Å². The van der Waals surface area contributed by atoms with Gasteiger partial charge in [0.1, 0.15) is 0 Å². The highest BCUT2D eigenvalue weighted by Gasteiger charge is 2.20. The van der Waals surface area contributed by atoms with Crippen LogP contribution in [0.15, 0.2) is 18.2 Å². The van der Waals surface area contributed by atoms with Gasteiger partial charge < -0.3 is 0 Å². The number of rotatable bonds is 3. The summed E-state index contributed by atoms with van der Waals surface area (Å²) in [6, 6.07) is 4.43. The third kappa shape index (κ3) is 2.22. The summed E-state index contributed by atoms with van der Waals surface area (Å²) in [7, 11) is 0. The molecule has 4 heteroatoms. The van der Waals surface area contributed by atoms with E-state index in [4.69, 9.17) is 0 Å². The van der Waals surface area contributed by atoms with E-state index in [1.165, 1.54) is 6.07 Å². The summed E-state index contributed by atoms with van der Waals surface area (Å²) in [4.78, 5) is 10.0. The Bertz CT molecular complexity index is 347. The molecule has 1 aromatic rings. The average molecular weight is 194 g/mol. The molecule has 0 spiro atoms. The number of hydrogen-bond donors (Lipinski definition) is 0. The first kappa shape index (κ1) is 10.5. The summed E-state index contributed by atoms with van der Waals surface area (Å²) >= 11 is 0. The molecule has 0 atom stereocenters. The molecule has 1 aromatic carbocycles. The molecule has 4 nitrogen and oxygen atoms in total. The van der Waals surface area contributed by atoms with Crippen molar-refractivity contribution in [3.8, 4) is 5.75 Å². The number of nitrogens with zero attached hydrogens (tertiary/aromatic N) is 1. The maximum absolute atomic E-state index is 11.2. The van der Waals surface area contributed by atoms with Crippen molar-refractivity contribution in [3.05, 3.63) is 33.9 Å². The number of nitro groups is 1. The first-order valence-corrected chi connectivity index (χ1v) is 4.45. The summed E-state index contributed by atoms with van der Waals surface area (Å²) in [5.74, 6) is -0.205. The fourth-order valence-corrected chi connectivity index (χ4v) is 1.38. The fraction of sp³-hybridized carbons (Fsp3) is 0.400. The van der Waals surface area contributed by atoms with Gasteiger partial charge in [0.05, 0.1) is 4.92 Å². The standard InChI is InChI=1S/C10H12NO3/c1-7(2)6-8-4-3-5-9(12)10(8)11(13)14/h3-5,7H,6H2,1-2H3. The lowest BCUT2D eigenvalue weighted by Gasteiger charge is -2.05. The van der Waals surface area contributed by atoms with Crippen molar-refractivity contribution < 1.29 is 10.0 Å². The van der Waals surface area contributed by atoms with E-state index in [2.05, 4.69) is 0 Å². The average Bonchev–Trinajstić information content (AvgIpc) is 2.01. The molecule has 1 rings (SSSR count). The van der Waals surface area contributed by atoms with Crippen LogP contribution in [0.5, 0.6) is 5.75 Å². The van der Waals surface area contributed by atoms with Crippen molar-refractivity contribution in [1.82, 2.24) is 0 Å². The molecule has 0 heterocycles. The number of para-hydroxylation sites is 1. The molecule has 0 aromatic heterocycles. The summed E-state index contributed by atoms with van der Waals surface area (Å²) in [5.41, 5.74) is 0.249. The second-order valence-corrected chi connectivity index (χ2v) is 3.62. The Labute approximate surface area is 82.3 Å². The van der Waals surface area contributed by atoms with Gasteiger partial charge in [-0.1, -0.05) is 26.0 Å². The summed E-state index contributed by atoms with van der Waals surface area (Å²) in [6.07, 6.45) is 0.562. The number of hydrogen-bond acceptors (Lipinski definition) is 2. The van der Waals surface area contributed by atoms with Crippen LogP contribution >= 0.6 is 0 Å². The van der Waals surface area contributed by atoms with Crippen LogP contribution < -0.4 is 0 Å². The molecule has 0 fully saturated rings. The third-order valence-electron chi connectivity index (χ3n) is 1.89. The first-order chi connectivity index (χ1) is 6.52. The molecular formula is C10H12NO3. The molecular weight excluding hydrogens is 182 g/mol. The fourth-order valence-electron chi connectivity index (χ4n) is 1.38. The van der Waals surface area contributed by atoms with Crippen LogP contribution in [0.4, 0.5) is 5.69 Å². The largest absolute Gasteiger partial charge is 0.319 e. The monoisotopic (exact) mass is 194 g/mol. The van der Waals surface area contributed by atoms with Crippen molar-refractivity contribution in [1.29, 1.82) is 0 Å². The molecule has 0 aliphatic rings. The van der Waals surface area contributed by atoms with Gasteiger partial charge in [0.15, 0.2) is 0 Å². The van der Waals surface area contributed by atoms with Crippen LogP contribution in [0.1, 0.15) is 19.4 Å². The maximum atomic E-state index is 11.2. The van der Waals surface area contributed by atoms with Crippen LogP contribution in [0.25, 0.3) is 0 Å².